The molecule has 6 heteroatoms. The molecule has 0 unspecified atom stereocenters. The molecule has 0 bridgehead atoms. The third-order valence-corrected chi connectivity index (χ3v) is 11.6. The second kappa shape index (κ2) is 54.9. The van der Waals surface area contributed by atoms with Gasteiger partial charge >= 0.3 is 17.9 Å². The highest BCUT2D eigenvalue weighted by molar-refractivity contribution is 5.71. The third kappa shape index (κ3) is 53.2. The Morgan fingerprint density at radius 1 is 0.313 bits per heavy atom. The number of ether oxygens (including phenoxy) is 3. The van der Waals surface area contributed by atoms with Crippen molar-refractivity contribution in [3.8, 4) is 0 Å². The van der Waals surface area contributed by atoms with Gasteiger partial charge in [-0.3, -0.25) is 14.4 Å². The predicted octanol–water partition coefficient (Wildman–Crippen LogP) is 18.5. The molecule has 0 amide bonds. The number of esters is 3. The van der Waals surface area contributed by atoms with Gasteiger partial charge in [0.15, 0.2) is 6.10 Å². The maximum absolute atomic E-state index is 12.8. The first-order chi connectivity index (χ1) is 33.0. The maximum Gasteiger partial charge on any atom is 0.306 e. The van der Waals surface area contributed by atoms with E-state index < -0.39 is 12.1 Å². The SMILES string of the molecule is CC/C=C\C/C=C\C/C=C\C/C=C\C/C=C\C/C=C\CCC(=O)O[C@H](COC(=O)CCCCCCC/C=C\C/C=C\CCCCC)COC(=O)CCCCCCCCCCCCCCCCC. The molecule has 382 valence electrons. The van der Waals surface area contributed by atoms with Crippen LogP contribution in [0.2, 0.25) is 0 Å². The number of carbonyl (C=O) groups excluding carboxylic acids is 3. The van der Waals surface area contributed by atoms with Gasteiger partial charge < -0.3 is 14.2 Å². The molecule has 0 heterocycles. The minimum atomic E-state index is -0.823. The van der Waals surface area contributed by atoms with E-state index in [1.165, 1.54) is 103 Å². The summed E-state index contributed by atoms with van der Waals surface area (Å²) >= 11 is 0. The van der Waals surface area contributed by atoms with Gasteiger partial charge in [0.1, 0.15) is 13.2 Å². The topological polar surface area (TPSA) is 78.9 Å². The van der Waals surface area contributed by atoms with Gasteiger partial charge in [0.25, 0.3) is 0 Å². The largest absolute Gasteiger partial charge is 0.462 e. The lowest BCUT2D eigenvalue weighted by molar-refractivity contribution is -0.166. The molecule has 0 N–H and O–H groups in total. The van der Waals surface area contributed by atoms with Crippen LogP contribution in [-0.4, -0.2) is 37.2 Å². The Labute approximate surface area is 413 Å². The van der Waals surface area contributed by atoms with Gasteiger partial charge in [-0.1, -0.05) is 240 Å². The molecule has 0 radical (unpaired) electrons. The van der Waals surface area contributed by atoms with E-state index in [1.807, 2.05) is 12.2 Å². The first-order valence-electron chi connectivity index (χ1n) is 27.7. The molecule has 0 aromatic rings. The van der Waals surface area contributed by atoms with E-state index in [4.69, 9.17) is 14.2 Å². The first kappa shape index (κ1) is 63.3. The molecule has 0 aliphatic rings. The van der Waals surface area contributed by atoms with Gasteiger partial charge in [-0.05, 0) is 89.9 Å². The zero-order chi connectivity index (χ0) is 48.6. The molecular weight excluding hydrogens is 829 g/mol. The molecule has 0 rings (SSSR count). The van der Waals surface area contributed by atoms with Gasteiger partial charge in [-0.2, -0.15) is 0 Å². The second-order valence-electron chi connectivity index (χ2n) is 18.1. The molecule has 0 aromatic carbocycles. The van der Waals surface area contributed by atoms with Gasteiger partial charge in [0.2, 0.25) is 0 Å². The number of unbranched alkanes of at least 4 members (excludes halogenated alkanes) is 22. The average molecular weight is 931 g/mol. The standard InChI is InChI=1S/C61H102O6/c1-4-7-10-13-16-19-22-25-28-29-30-31-34-37-40-43-46-49-52-55-61(64)67-58(56-65-59(62)53-50-47-44-41-38-35-32-26-23-20-17-14-11-8-5-2)57-66-60(63)54-51-48-45-42-39-36-33-27-24-21-18-15-12-9-6-3/h7,10,16-17,19-20,25-26,28,30-32,37,40,46,49,58H,4-6,8-9,11-15,18,21-24,27,29,33-36,38-39,41-45,47-48,50-57H2,1-3H3/b10-7-,19-16-,20-17-,28-25-,31-30-,32-26-,40-37-,49-46-/t58-/m1/s1. The summed E-state index contributed by atoms with van der Waals surface area (Å²) in [6, 6.07) is 0. The van der Waals surface area contributed by atoms with Crippen LogP contribution in [0.25, 0.3) is 0 Å². The lowest BCUT2D eigenvalue weighted by Gasteiger charge is -2.18. The van der Waals surface area contributed by atoms with Crippen LogP contribution in [0, 0.1) is 0 Å². The zero-order valence-electron chi connectivity index (χ0n) is 43.6. The van der Waals surface area contributed by atoms with Crippen LogP contribution >= 0.6 is 0 Å². The van der Waals surface area contributed by atoms with Crippen molar-refractivity contribution in [3.63, 3.8) is 0 Å². The second-order valence-corrected chi connectivity index (χ2v) is 18.1. The van der Waals surface area contributed by atoms with Crippen molar-refractivity contribution in [2.45, 2.75) is 258 Å². The number of hydrogen-bond acceptors (Lipinski definition) is 6. The molecule has 67 heavy (non-hydrogen) atoms. The minimum Gasteiger partial charge on any atom is -0.462 e. The van der Waals surface area contributed by atoms with Crippen molar-refractivity contribution in [2.75, 3.05) is 13.2 Å². The van der Waals surface area contributed by atoms with E-state index in [1.54, 1.807) is 0 Å². The number of hydrogen-bond donors (Lipinski definition) is 0. The molecule has 0 aromatic heterocycles. The lowest BCUT2D eigenvalue weighted by atomic mass is 10.0. The summed E-state index contributed by atoms with van der Waals surface area (Å²) in [7, 11) is 0. The number of allylic oxidation sites excluding steroid dienone is 16. The number of carbonyl (C=O) groups is 3. The normalized spacial score (nSPS) is 12.8. The molecule has 0 aliphatic heterocycles. The summed E-state index contributed by atoms with van der Waals surface area (Å²) in [5, 5.41) is 0. The Bertz CT molecular complexity index is 1350. The predicted molar refractivity (Wildman–Crippen MR) is 288 cm³/mol. The van der Waals surface area contributed by atoms with E-state index in [9.17, 15) is 14.4 Å². The van der Waals surface area contributed by atoms with E-state index in [2.05, 4.69) is 106 Å². The summed E-state index contributed by atoms with van der Waals surface area (Å²) in [6.45, 7) is 6.43. The van der Waals surface area contributed by atoms with E-state index >= 15 is 0 Å². The van der Waals surface area contributed by atoms with Crippen LogP contribution in [0.5, 0.6) is 0 Å². The van der Waals surface area contributed by atoms with Crippen LogP contribution in [0.4, 0.5) is 0 Å². The highest BCUT2D eigenvalue weighted by Gasteiger charge is 2.19. The van der Waals surface area contributed by atoms with Crippen molar-refractivity contribution >= 4 is 17.9 Å². The first-order valence-corrected chi connectivity index (χ1v) is 27.7. The van der Waals surface area contributed by atoms with Crippen molar-refractivity contribution in [3.05, 3.63) is 97.2 Å². The van der Waals surface area contributed by atoms with Gasteiger partial charge in [-0.15, -0.1) is 0 Å². The van der Waals surface area contributed by atoms with Crippen molar-refractivity contribution < 1.29 is 28.6 Å². The highest BCUT2D eigenvalue weighted by Crippen LogP contribution is 2.15. The summed E-state index contributed by atoms with van der Waals surface area (Å²) in [5.74, 6) is -1.01. The quantitative estimate of drug-likeness (QED) is 0.0262. The fourth-order valence-electron chi connectivity index (χ4n) is 7.44. The van der Waals surface area contributed by atoms with Crippen LogP contribution in [-0.2, 0) is 28.6 Å². The third-order valence-electron chi connectivity index (χ3n) is 11.6. The minimum absolute atomic E-state index is 0.111. The van der Waals surface area contributed by atoms with Crippen LogP contribution < -0.4 is 0 Å². The Hall–Kier alpha value is -3.67. The fourth-order valence-corrected chi connectivity index (χ4v) is 7.44. The molecule has 0 saturated carbocycles. The smallest absolute Gasteiger partial charge is 0.306 e. The average Bonchev–Trinajstić information content (AvgIpc) is 3.33. The van der Waals surface area contributed by atoms with Crippen molar-refractivity contribution in [1.82, 2.24) is 0 Å². The maximum atomic E-state index is 12.8. The fraction of sp³-hybridized carbons (Fsp3) is 0.689. The Kier molecular flexibility index (Phi) is 51.9. The number of rotatable bonds is 49. The van der Waals surface area contributed by atoms with E-state index in [-0.39, 0.29) is 31.6 Å². The summed E-state index contributed by atoms with van der Waals surface area (Å²) in [6.07, 6.45) is 72.6. The Balaban J connectivity index is 4.53. The Morgan fingerprint density at radius 2 is 0.612 bits per heavy atom. The summed E-state index contributed by atoms with van der Waals surface area (Å²) in [5.41, 5.74) is 0. The van der Waals surface area contributed by atoms with Crippen LogP contribution in [0.15, 0.2) is 97.2 Å². The molecule has 6 nitrogen and oxygen atoms in total. The van der Waals surface area contributed by atoms with Crippen LogP contribution in [0.1, 0.15) is 252 Å². The van der Waals surface area contributed by atoms with Gasteiger partial charge in [-0.25, -0.2) is 0 Å². The summed E-state index contributed by atoms with van der Waals surface area (Å²) in [4.78, 5) is 38.1. The van der Waals surface area contributed by atoms with Crippen molar-refractivity contribution in [1.29, 1.82) is 0 Å². The Morgan fingerprint density at radius 3 is 1.00 bits per heavy atom. The van der Waals surface area contributed by atoms with Crippen molar-refractivity contribution in [2.24, 2.45) is 0 Å². The monoisotopic (exact) mass is 931 g/mol. The van der Waals surface area contributed by atoms with Crippen LogP contribution in [0.3, 0.4) is 0 Å². The van der Waals surface area contributed by atoms with E-state index in [0.717, 1.165) is 103 Å². The molecule has 1 atom stereocenters. The van der Waals surface area contributed by atoms with Gasteiger partial charge in [0.05, 0.1) is 0 Å². The lowest BCUT2D eigenvalue weighted by Crippen LogP contribution is -2.30. The molecule has 0 fully saturated rings. The highest BCUT2D eigenvalue weighted by atomic mass is 16.6. The summed E-state index contributed by atoms with van der Waals surface area (Å²) < 4.78 is 16.8. The van der Waals surface area contributed by atoms with E-state index in [0.29, 0.717) is 19.3 Å². The van der Waals surface area contributed by atoms with Gasteiger partial charge in [0, 0.05) is 19.3 Å². The zero-order valence-corrected chi connectivity index (χ0v) is 43.6. The molecule has 0 spiro atoms. The molecular formula is C61H102O6. The molecule has 0 saturated heterocycles. The molecule has 0 aliphatic carbocycles.